The quantitative estimate of drug-likeness (QED) is 0.498. The van der Waals surface area contributed by atoms with Crippen LogP contribution in [0.1, 0.15) is 57.8 Å². The normalized spacial score (nSPS) is 14.7. The van der Waals surface area contributed by atoms with Crippen LogP contribution in [0.25, 0.3) is 0 Å². The molecule has 2 rings (SSSR count). The van der Waals surface area contributed by atoms with Gasteiger partial charge in [-0.25, -0.2) is 0 Å². The van der Waals surface area contributed by atoms with Gasteiger partial charge in [0.1, 0.15) is 5.78 Å². The minimum absolute atomic E-state index is 0. The lowest BCUT2D eigenvalue weighted by atomic mass is 10.4. The SMILES string of the molecule is C#C.C#[C][Mg+2].C1CCCC1.Cl.O.O=C1CCCC1. The van der Waals surface area contributed by atoms with Gasteiger partial charge in [0.15, 0.2) is 0 Å². The third-order valence-corrected chi connectivity index (χ3v) is 2.41. The molecule has 0 atom stereocenters. The highest BCUT2D eigenvalue weighted by Crippen LogP contribution is 2.15. The third kappa shape index (κ3) is 24.9. The lowest BCUT2D eigenvalue weighted by Gasteiger charge is -1.71. The summed E-state index contributed by atoms with van der Waals surface area (Å²) in [6, 6.07) is 0. The van der Waals surface area contributed by atoms with E-state index in [0.717, 1.165) is 25.7 Å². The van der Waals surface area contributed by atoms with Crippen LogP contribution in [0.3, 0.4) is 0 Å². The third-order valence-electron chi connectivity index (χ3n) is 2.41. The highest BCUT2D eigenvalue weighted by molar-refractivity contribution is 6.21. The van der Waals surface area contributed by atoms with Crippen LogP contribution in [-0.2, 0) is 4.79 Å². The molecule has 0 amide bonds. The molecular weight excluding hydrogens is 260 g/mol. The average molecular weight is 284 g/mol. The minimum atomic E-state index is 0. The molecule has 2 N–H and O–H groups in total. The van der Waals surface area contributed by atoms with Crippen LogP contribution in [0.4, 0.5) is 0 Å². The van der Waals surface area contributed by atoms with Crippen molar-refractivity contribution in [1.29, 1.82) is 0 Å². The molecule has 7 radical (unpaired) electrons. The first kappa shape index (κ1) is 26.4. The maximum atomic E-state index is 10.2. The van der Waals surface area contributed by atoms with Crippen molar-refractivity contribution in [2.75, 3.05) is 0 Å². The second-order valence-corrected chi connectivity index (χ2v) is 4.13. The van der Waals surface area contributed by atoms with Crippen molar-refractivity contribution in [1.82, 2.24) is 0 Å². The van der Waals surface area contributed by atoms with Gasteiger partial charge < -0.3 is 5.48 Å². The molecule has 0 aromatic rings. The smallest absolute Gasteiger partial charge is 0.412 e. The fourth-order valence-corrected chi connectivity index (χ4v) is 1.65. The molecule has 0 bridgehead atoms. The van der Waals surface area contributed by atoms with E-state index in [1.807, 2.05) is 0 Å². The lowest BCUT2D eigenvalue weighted by molar-refractivity contribution is -0.117. The predicted octanol–water partition coefficient (Wildman–Crippen LogP) is 2.67. The van der Waals surface area contributed by atoms with Crippen LogP contribution >= 0.6 is 12.4 Å². The summed E-state index contributed by atoms with van der Waals surface area (Å²) < 4.78 is 2.28. The Balaban J connectivity index is -0.0000000756. The molecule has 2 nitrogen and oxygen atoms in total. The molecule has 2 aliphatic carbocycles. The molecule has 4 heteroatoms. The summed E-state index contributed by atoms with van der Waals surface area (Å²) in [4.78, 5) is 10.2. The van der Waals surface area contributed by atoms with Crippen LogP contribution in [-0.4, -0.2) is 33.0 Å². The van der Waals surface area contributed by atoms with Gasteiger partial charge in [-0.2, -0.15) is 0 Å². The molecular formula is C14H24ClMgO2+2. The van der Waals surface area contributed by atoms with Crippen molar-refractivity contribution in [3.63, 3.8) is 0 Å². The zero-order valence-electron chi connectivity index (χ0n) is 11.1. The molecule has 2 fully saturated rings. The van der Waals surface area contributed by atoms with Gasteiger partial charge in [-0.1, -0.05) is 32.1 Å². The van der Waals surface area contributed by atoms with Crippen molar-refractivity contribution >= 4 is 39.9 Å². The van der Waals surface area contributed by atoms with Crippen LogP contribution in [0.2, 0.25) is 0 Å². The molecule has 0 unspecified atom stereocenters. The fourth-order valence-electron chi connectivity index (χ4n) is 1.65. The summed E-state index contributed by atoms with van der Waals surface area (Å²) in [6.45, 7) is 0. The summed E-state index contributed by atoms with van der Waals surface area (Å²) in [5.74, 6) is 0.454. The lowest BCUT2D eigenvalue weighted by Crippen LogP contribution is -1.81. The Kier molecular flexibility index (Phi) is 37.5. The van der Waals surface area contributed by atoms with E-state index in [0.29, 0.717) is 5.78 Å². The van der Waals surface area contributed by atoms with Crippen molar-refractivity contribution in [2.45, 2.75) is 57.8 Å². The van der Waals surface area contributed by atoms with Gasteiger partial charge in [-0.05, 0) is 19.3 Å². The molecule has 0 saturated heterocycles. The largest absolute Gasteiger partial charge is 1.54 e. The van der Waals surface area contributed by atoms with Gasteiger partial charge in [0, 0.05) is 12.8 Å². The van der Waals surface area contributed by atoms with E-state index >= 15 is 0 Å². The summed E-state index contributed by atoms with van der Waals surface area (Å²) in [7, 11) is 0. The van der Waals surface area contributed by atoms with E-state index in [4.69, 9.17) is 0 Å². The molecule has 0 heterocycles. The predicted molar refractivity (Wildman–Crippen MR) is 81.9 cm³/mol. The Morgan fingerprint density at radius 3 is 1.22 bits per heavy atom. The van der Waals surface area contributed by atoms with E-state index in [1.54, 1.807) is 0 Å². The van der Waals surface area contributed by atoms with Gasteiger partial charge in [-0.15, -0.1) is 25.3 Å². The number of terminal acetylenes is 2. The summed E-state index contributed by atoms with van der Waals surface area (Å²) >= 11 is 1.50. The van der Waals surface area contributed by atoms with Crippen molar-refractivity contribution in [3.8, 4) is 23.3 Å². The number of Topliss-reactive ketones (excluding diaryl/α,β-unsaturated/α-hetero) is 1. The van der Waals surface area contributed by atoms with Gasteiger partial charge in [0.2, 0.25) is 0 Å². The first-order valence-electron chi connectivity index (χ1n) is 5.89. The van der Waals surface area contributed by atoms with Gasteiger partial charge in [0.25, 0.3) is 0 Å². The zero-order valence-corrected chi connectivity index (χ0v) is 13.4. The highest BCUT2D eigenvalue weighted by Gasteiger charge is 2.15. The molecule has 18 heavy (non-hydrogen) atoms. The van der Waals surface area contributed by atoms with Gasteiger partial charge in [0.05, 0.1) is 0 Å². The number of carbonyl (C=O) groups is 1. The van der Waals surface area contributed by atoms with E-state index in [2.05, 4.69) is 23.3 Å². The number of ketones is 1. The second-order valence-electron chi connectivity index (χ2n) is 3.72. The summed E-state index contributed by atoms with van der Waals surface area (Å²) in [6.07, 6.45) is 24.1. The van der Waals surface area contributed by atoms with Gasteiger partial charge >= 0.3 is 25.8 Å². The first-order valence-corrected chi connectivity index (χ1v) is 6.59. The van der Waals surface area contributed by atoms with E-state index in [1.165, 1.54) is 53.8 Å². The second kappa shape index (κ2) is 25.6. The summed E-state index contributed by atoms with van der Waals surface area (Å²) in [5, 5.41) is 0. The molecule has 0 aromatic heterocycles. The molecule has 2 saturated carbocycles. The maximum absolute atomic E-state index is 10.2. The highest BCUT2D eigenvalue weighted by atomic mass is 35.5. The average Bonchev–Trinajstić information content (AvgIpc) is 2.96. The fraction of sp³-hybridized carbons (Fsp3) is 0.643. The Morgan fingerprint density at radius 2 is 1.11 bits per heavy atom. The maximum Gasteiger partial charge on any atom is 1.54 e. The monoisotopic (exact) mass is 283 g/mol. The van der Waals surface area contributed by atoms with Gasteiger partial charge in [-0.3, -0.25) is 4.79 Å². The van der Waals surface area contributed by atoms with Crippen LogP contribution in [0.15, 0.2) is 0 Å². The topological polar surface area (TPSA) is 48.6 Å². The molecule has 0 spiro atoms. The number of hydrogen-bond donors (Lipinski definition) is 0. The Morgan fingerprint density at radius 1 is 0.889 bits per heavy atom. The first-order chi connectivity index (χ1) is 7.81. The number of carbonyl (C=O) groups excluding carboxylic acids is 1. The van der Waals surface area contributed by atoms with E-state index in [-0.39, 0.29) is 17.9 Å². The Hall–Kier alpha value is -0.194. The number of rotatable bonds is 0. The Bertz CT molecular complexity index is 202. The summed E-state index contributed by atoms with van der Waals surface area (Å²) in [5.41, 5.74) is 0. The minimum Gasteiger partial charge on any atom is -0.412 e. The van der Waals surface area contributed by atoms with Crippen molar-refractivity contribution in [3.05, 3.63) is 0 Å². The van der Waals surface area contributed by atoms with Crippen molar-refractivity contribution in [2.24, 2.45) is 0 Å². The standard InChI is InChI=1S/C5H8O.C5H10.C2H2.C2H.ClH.Mg.H2O/c6-5-3-1-2-4-5;1-2-4-5-3-1;2*1-2;;;/h1-4H2;1-5H2;1-2H;1H;1H;;1H2/q;;;;;+2;. The molecule has 0 aromatic carbocycles. The number of hydrogen-bond acceptors (Lipinski definition) is 1. The molecule has 0 aliphatic heterocycles. The zero-order chi connectivity index (χ0) is 12.6. The van der Waals surface area contributed by atoms with E-state index < -0.39 is 0 Å². The number of halogens is 1. The Labute approximate surface area is 131 Å². The van der Waals surface area contributed by atoms with Crippen LogP contribution in [0, 0.1) is 23.3 Å². The molecule has 2 aliphatic rings. The van der Waals surface area contributed by atoms with E-state index in [9.17, 15) is 4.79 Å². The van der Waals surface area contributed by atoms with Crippen LogP contribution in [0.5, 0.6) is 0 Å². The molecule has 99 valence electrons. The van der Waals surface area contributed by atoms with Crippen LogP contribution < -0.4 is 0 Å². The van der Waals surface area contributed by atoms with Crippen molar-refractivity contribution < 1.29 is 10.3 Å².